The first kappa shape index (κ1) is 17.4. The normalized spacial score (nSPS) is 50.3. The molecule has 1 aliphatic heterocycles. The molecule has 2 aliphatic carbocycles. The second-order valence-corrected chi connectivity index (χ2v) is 8.79. The molecule has 0 aromatic heterocycles. The van der Waals surface area contributed by atoms with Gasteiger partial charge in [0.05, 0.1) is 12.7 Å². The first-order chi connectivity index (χ1) is 10.8. The molecule has 3 fully saturated rings. The fourth-order valence-electron chi connectivity index (χ4n) is 5.21. The zero-order chi connectivity index (χ0) is 16.8. The highest BCUT2D eigenvalue weighted by Crippen LogP contribution is 2.57. The van der Waals surface area contributed by atoms with Crippen LogP contribution in [0.25, 0.3) is 0 Å². The van der Waals surface area contributed by atoms with E-state index in [0.29, 0.717) is 18.4 Å². The van der Waals surface area contributed by atoms with E-state index in [9.17, 15) is 9.00 Å². The van der Waals surface area contributed by atoms with Gasteiger partial charge in [-0.2, -0.15) is 4.21 Å². The van der Waals surface area contributed by atoms with Crippen LogP contribution >= 0.6 is 0 Å². The zero-order valence-corrected chi connectivity index (χ0v) is 15.3. The van der Waals surface area contributed by atoms with Crippen molar-refractivity contribution in [3.8, 4) is 0 Å². The van der Waals surface area contributed by atoms with Crippen LogP contribution < -0.4 is 0 Å². The molecule has 0 unspecified atom stereocenters. The highest BCUT2D eigenvalue weighted by Gasteiger charge is 2.56. The van der Waals surface area contributed by atoms with Gasteiger partial charge in [-0.25, -0.2) is 0 Å². The van der Waals surface area contributed by atoms with E-state index >= 15 is 0 Å². The summed E-state index contributed by atoms with van der Waals surface area (Å²) in [5, 5.41) is 0. The van der Waals surface area contributed by atoms with Gasteiger partial charge in [-0.15, -0.1) is 0 Å². The Morgan fingerprint density at radius 1 is 1.26 bits per heavy atom. The molecule has 2 saturated carbocycles. The molecule has 23 heavy (non-hydrogen) atoms. The van der Waals surface area contributed by atoms with Gasteiger partial charge < -0.3 is 4.74 Å². The van der Waals surface area contributed by atoms with Crippen molar-refractivity contribution in [2.24, 2.45) is 29.1 Å². The highest BCUT2D eigenvalue weighted by molar-refractivity contribution is 7.75. The second kappa shape index (κ2) is 6.45. The van der Waals surface area contributed by atoms with Crippen LogP contribution in [0.3, 0.4) is 0 Å². The van der Waals surface area contributed by atoms with Crippen molar-refractivity contribution in [2.45, 2.75) is 65.6 Å². The number of ether oxygens (including phenoxy) is 1. The molecule has 0 radical (unpaired) electrons. The lowest BCUT2D eigenvalue weighted by molar-refractivity contribution is -0.168. The van der Waals surface area contributed by atoms with Crippen LogP contribution in [0.5, 0.6) is 0 Å². The van der Waals surface area contributed by atoms with Crippen LogP contribution in [0.1, 0.15) is 53.4 Å². The molecular formula is C17H28O5S. The Morgan fingerprint density at radius 2 is 1.96 bits per heavy atom. The summed E-state index contributed by atoms with van der Waals surface area (Å²) in [6.07, 6.45) is 4.01. The van der Waals surface area contributed by atoms with Crippen molar-refractivity contribution in [1.29, 1.82) is 0 Å². The van der Waals surface area contributed by atoms with Crippen LogP contribution in [-0.2, 0) is 29.3 Å². The predicted octanol–water partition coefficient (Wildman–Crippen LogP) is 3.01. The van der Waals surface area contributed by atoms with Crippen molar-refractivity contribution in [3.63, 3.8) is 0 Å². The van der Waals surface area contributed by atoms with Gasteiger partial charge in [-0.3, -0.25) is 13.2 Å². The maximum atomic E-state index is 12.0. The molecule has 6 heteroatoms. The van der Waals surface area contributed by atoms with Crippen LogP contribution in [0.4, 0.5) is 0 Å². The van der Waals surface area contributed by atoms with E-state index in [4.69, 9.17) is 13.1 Å². The fraction of sp³-hybridized carbons (Fsp3) is 0.941. The van der Waals surface area contributed by atoms with Gasteiger partial charge in [0.15, 0.2) is 0 Å². The quantitative estimate of drug-likeness (QED) is 0.684. The number of rotatable bonds is 1. The maximum absolute atomic E-state index is 12.0. The average Bonchev–Trinajstić information content (AvgIpc) is 2.61. The summed E-state index contributed by atoms with van der Waals surface area (Å²) in [5.74, 6) is 0.912. The van der Waals surface area contributed by atoms with Gasteiger partial charge in [-0.05, 0) is 54.8 Å². The second-order valence-electron chi connectivity index (χ2n) is 7.95. The molecule has 0 aromatic carbocycles. The average molecular weight is 344 g/mol. The molecule has 1 heterocycles. The standard InChI is InChI=1S/C17H28O5S/c1-10-9-20-23(19)22-16-13(10)5-7-17(4)8-6-14(21-12(3)18)11(2)15(16)17/h10-11,13-16H,5-9H2,1-4H3/t10-,11+,13+,14+,15-,16+,17+,23+/m1/s1. The smallest absolute Gasteiger partial charge is 0.304 e. The zero-order valence-electron chi connectivity index (χ0n) is 14.4. The maximum Gasteiger partial charge on any atom is 0.304 e. The third-order valence-corrected chi connectivity index (χ3v) is 7.16. The molecule has 132 valence electrons. The molecule has 5 nitrogen and oxygen atoms in total. The molecule has 8 atom stereocenters. The molecule has 0 N–H and O–H groups in total. The number of esters is 1. The molecular weight excluding hydrogens is 316 g/mol. The molecule has 0 amide bonds. The molecule has 3 rings (SSSR count). The Morgan fingerprint density at radius 3 is 2.65 bits per heavy atom. The van der Waals surface area contributed by atoms with Gasteiger partial charge in [0, 0.05) is 6.92 Å². The summed E-state index contributed by atoms with van der Waals surface area (Å²) >= 11 is -1.67. The van der Waals surface area contributed by atoms with E-state index < -0.39 is 11.4 Å². The highest BCUT2D eigenvalue weighted by atomic mass is 32.2. The van der Waals surface area contributed by atoms with E-state index in [1.54, 1.807) is 0 Å². The van der Waals surface area contributed by atoms with Crippen molar-refractivity contribution in [1.82, 2.24) is 0 Å². The van der Waals surface area contributed by atoms with Crippen molar-refractivity contribution >= 4 is 17.3 Å². The lowest BCUT2D eigenvalue weighted by atomic mass is 9.52. The lowest BCUT2D eigenvalue weighted by Gasteiger charge is -2.55. The summed E-state index contributed by atoms with van der Waals surface area (Å²) in [6.45, 7) is 8.58. The Bertz CT molecular complexity index is 495. The first-order valence-corrected chi connectivity index (χ1v) is 9.71. The molecule has 3 aliphatic rings. The number of hydrogen-bond donors (Lipinski definition) is 0. The van der Waals surface area contributed by atoms with Crippen LogP contribution in [0, 0.1) is 29.1 Å². The van der Waals surface area contributed by atoms with Crippen molar-refractivity contribution < 1.29 is 22.1 Å². The van der Waals surface area contributed by atoms with Gasteiger partial charge in [0.25, 0.3) is 0 Å². The molecule has 0 bridgehead atoms. The van der Waals surface area contributed by atoms with E-state index in [0.717, 1.165) is 25.7 Å². The molecule has 1 saturated heterocycles. The minimum atomic E-state index is -1.67. The SMILES string of the molecule is CC(=O)O[C@H]1CC[C@]2(C)CC[C@@H]3[C@H](O[S@@](=O)OC[C@H]3C)[C@H]2[C@H]1C. The Kier molecular flexibility index (Phi) is 4.87. The summed E-state index contributed by atoms with van der Waals surface area (Å²) in [6, 6.07) is 0. The van der Waals surface area contributed by atoms with Gasteiger partial charge in [0.2, 0.25) is 0 Å². The molecule has 0 aromatic rings. The summed E-state index contributed by atoms with van der Waals surface area (Å²) in [4.78, 5) is 11.4. The fourth-order valence-corrected chi connectivity index (χ4v) is 6.03. The first-order valence-electron chi connectivity index (χ1n) is 8.71. The summed E-state index contributed by atoms with van der Waals surface area (Å²) in [5.41, 5.74) is 0.158. The van der Waals surface area contributed by atoms with Gasteiger partial charge in [-0.1, -0.05) is 20.8 Å². The van der Waals surface area contributed by atoms with E-state index in [1.165, 1.54) is 6.92 Å². The van der Waals surface area contributed by atoms with Crippen LogP contribution in [0.15, 0.2) is 0 Å². The van der Waals surface area contributed by atoms with Crippen LogP contribution in [-0.4, -0.2) is 29.0 Å². The Labute approximate surface area is 141 Å². The Balaban J connectivity index is 1.90. The summed E-state index contributed by atoms with van der Waals surface area (Å²) in [7, 11) is 0. The van der Waals surface area contributed by atoms with E-state index in [1.807, 2.05) is 0 Å². The van der Waals surface area contributed by atoms with Gasteiger partial charge in [0.1, 0.15) is 6.10 Å². The summed E-state index contributed by atoms with van der Waals surface area (Å²) < 4.78 is 28.7. The van der Waals surface area contributed by atoms with Crippen molar-refractivity contribution in [2.75, 3.05) is 6.61 Å². The monoisotopic (exact) mass is 344 g/mol. The third-order valence-electron chi connectivity index (χ3n) is 6.45. The van der Waals surface area contributed by atoms with Gasteiger partial charge >= 0.3 is 17.3 Å². The number of carbonyl (C=O) groups is 1. The largest absolute Gasteiger partial charge is 0.462 e. The third kappa shape index (κ3) is 3.22. The Hall–Kier alpha value is -0.460. The predicted molar refractivity (Wildman–Crippen MR) is 86.4 cm³/mol. The number of fused-ring (bicyclic) bond motifs is 3. The van der Waals surface area contributed by atoms with E-state index in [-0.39, 0.29) is 35.4 Å². The minimum absolute atomic E-state index is 0.0687. The van der Waals surface area contributed by atoms with E-state index in [2.05, 4.69) is 20.8 Å². The van der Waals surface area contributed by atoms with Crippen LogP contribution in [0.2, 0.25) is 0 Å². The minimum Gasteiger partial charge on any atom is -0.462 e. The van der Waals surface area contributed by atoms with Crippen molar-refractivity contribution in [3.05, 3.63) is 0 Å². The molecule has 0 spiro atoms. The lowest BCUT2D eigenvalue weighted by Crippen LogP contribution is -2.55. The number of hydrogen-bond acceptors (Lipinski definition) is 5. The number of carbonyl (C=O) groups excluding carboxylic acids is 1. The topological polar surface area (TPSA) is 61.8 Å².